The molecule has 0 spiro atoms. The number of benzene rings is 1. The van der Waals surface area contributed by atoms with E-state index in [1.54, 1.807) is 19.2 Å². The summed E-state index contributed by atoms with van der Waals surface area (Å²) in [7, 11) is 1.54. The fourth-order valence-electron chi connectivity index (χ4n) is 2.39. The summed E-state index contributed by atoms with van der Waals surface area (Å²) in [4.78, 5) is 25.7. The van der Waals surface area contributed by atoms with Crippen molar-refractivity contribution in [3.63, 3.8) is 0 Å². The van der Waals surface area contributed by atoms with Gasteiger partial charge in [-0.3, -0.25) is 4.79 Å². The van der Waals surface area contributed by atoms with E-state index in [4.69, 9.17) is 4.74 Å². The highest BCUT2D eigenvalue weighted by Gasteiger charge is 2.30. The van der Waals surface area contributed by atoms with Gasteiger partial charge in [0.2, 0.25) is 5.91 Å². The van der Waals surface area contributed by atoms with Crippen LogP contribution in [0.5, 0.6) is 0 Å². The predicted octanol–water partition coefficient (Wildman–Crippen LogP) is 1.27. The number of anilines is 1. The van der Waals surface area contributed by atoms with Crippen LogP contribution >= 0.6 is 0 Å². The van der Waals surface area contributed by atoms with Gasteiger partial charge >= 0.3 is 6.03 Å². The summed E-state index contributed by atoms with van der Waals surface area (Å²) in [5.74, 6) is -0.614. The van der Waals surface area contributed by atoms with Gasteiger partial charge in [0.15, 0.2) is 0 Å². The number of ether oxygens (including phenoxy) is 1. The first-order valence-electron chi connectivity index (χ1n) is 7.22. The Bertz CT molecular complexity index is 539. The molecule has 0 bridgehead atoms. The van der Waals surface area contributed by atoms with Gasteiger partial charge in [-0.25, -0.2) is 9.18 Å². The van der Waals surface area contributed by atoms with E-state index in [2.05, 4.69) is 10.6 Å². The quantitative estimate of drug-likeness (QED) is 0.805. The Hall–Kier alpha value is -2.15. The fraction of sp³-hybridized carbons (Fsp3) is 0.467. The average Bonchev–Trinajstić information content (AvgIpc) is 2.50. The standard InChI is InChI=1S/C15H20FN3O3/c1-22-9-7-17-15(21)18-13-6-3-8-19(14(13)20)12-5-2-4-11(16)10-12/h2,4-5,10,13H,3,6-9H2,1H3,(H2,17,18,21)/t13-/m0/s1. The zero-order valence-corrected chi connectivity index (χ0v) is 12.5. The number of carbonyl (C=O) groups is 2. The van der Waals surface area contributed by atoms with Gasteiger partial charge in [0, 0.05) is 25.9 Å². The molecular weight excluding hydrogens is 289 g/mol. The summed E-state index contributed by atoms with van der Waals surface area (Å²) in [5.41, 5.74) is 0.510. The number of amides is 3. The number of carbonyl (C=O) groups excluding carboxylic acids is 2. The van der Waals surface area contributed by atoms with E-state index < -0.39 is 17.9 Å². The van der Waals surface area contributed by atoms with Gasteiger partial charge in [-0.1, -0.05) is 6.07 Å². The third-order valence-electron chi connectivity index (χ3n) is 3.46. The third-order valence-corrected chi connectivity index (χ3v) is 3.46. The Labute approximate surface area is 128 Å². The summed E-state index contributed by atoms with van der Waals surface area (Å²) in [6.45, 7) is 1.30. The fourth-order valence-corrected chi connectivity index (χ4v) is 2.39. The number of hydrogen-bond donors (Lipinski definition) is 2. The Morgan fingerprint density at radius 2 is 2.32 bits per heavy atom. The summed E-state index contributed by atoms with van der Waals surface area (Å²) < 4.78 is 18.1. The first-order valence-corrected chi connectivity index (χ1v) is 7.22. The Morgan fingerprint density at radius 3 is 3.05 bits per heavy atom. The maximum absolute atomic E-state index is 13.3. The van der Waals surface area contributed by atoms with E-state index in [1.165, 1.54) is 17.0 Å². The molecule has 7 heteroatoms. The maximum Gasteiger partial charge on any atom is 0.315 e. The van der Waals surface area contributed by atoms with Crippen LogP contribution in [-0.2, 0) is 9.53 Å². The van der Waals surface area contributed by atoms with E-state index in [-0.39, 0.29) is 5.91 Å². The normalized spacial score (nSPS) is 18.2. The van der Waals surface area contributed by atoms with E-state index in [1.807, 2.05) is 0 Å². The maximum atomic E-state index is 13.3. The van der Waals surface area contributed by atoms with Crippen LogP contribution in [0.1, 0.15) is 12.8 Å². The topological polar surface area (TPSA) is 70.7 Å². The minimum atomic E-state index is -0.598. The van der Waals surface area contributed by atoms with E-state index >= 15 is 0 Å². The zero-order chi connectivity index (χ0) is 15.9. The molecule has 6 nitrogen and oxygen atoms in total. The number of nitrogens with zero attached hydrogens (tertiary/aromatic N) is 1. The number of rotatable bonds is 5. The number of hydrogen-bond acceptors (Lipinski definition) is 3. The minimum Gasteiger partial charge on any atom is -0.383 e. The monoisotopic (exact) mass is 309 g/mol. The van der Waals surface area contributed by atoms with Crippen molar-refractivity contribution in [1.29, 1.82) is 0 Å². The van der Waals surface area contributed by atoms with Crippen molar-refractivity contribution < 1.29 is 18.7 Å². The van der Waals surface area contributed by atoms with Crippen molar-refractivity contribution in [2.75, 3.05) is 31.7 Å². The lowest BCUT2D eigenvalue weighted by atomic mass is 10.0. The molecule has 1 aliphatic rings. The van der Waals surface area contributed by atoms with Crippen LogP contribution in [0.4, 0.5) is 14.9 Å². The molecule has 1 atom stereocenters. The number of methoxy groups -OCH3 is 1. The Kier molecular flexibility index (Phi) is 5.71. The first-order chi connectivity index (χ1) is 10.6. The third kappa shape index (κ3) is 4.17. The molecule has 1 aromatic rings. The molecule has 22 heavy (non-hydrogen) atoms. The summed E-state index contributed by atoms with van der Waals surface area (Å²) in [6.07, 6.45) is 1.31. The van der Waals surface area contributed by atoms with Crippen LogP contribution in [0.2, 0.25) is 0 Å². The van der Waals surface area contributed by atoms with Crippen molar-refractivity contribution in [1.82, 2.24) is 10.6 Å². The Morgan fingerprint density at radius 1 is 1.50 bits per heavy atom. The molecule has 2 rings (SSSR count). The molecule has 1 aromatic carbocycles. The molecule has 0 aliphatic carbocycles. The van der Waals surface area contributed by atoms with Crippen LogP contribution in [-0.4, -0.2) is 44.8 Å². The molecule has 1 saturated heterocycles. The van der Waals surface area contributed by atoms with Gasteiger partial charge in [0.25, 0.3) is 0 Å². The lowest BCUT2D eigenvalue weighted by molar-refractivity contribution is -0.121. The van der Waals surface area contributed by atoms with Gasteiger partial charge in [-0.05, 0) is 31.0 Å². The van der Waals surface area contributed by atoms with Crippen molar-refractivity contribution in [3.05, 3.63) is 30.1 Å². The molecular formula is C15H20FN3O3. The van der Waals surface area contributed by atoms with Gasteiger partial charge in [0.1, 0.15) is 11.9 Å². The number of piperidine rings is 1. The van der Waals surface area contributed by atoms with Crippen molar-refractivity contribution in [2.45, 2.75) is 18.9 Å². The van der Waals surface area contributed by atoms with Crippen LogP contribution in [0.25, 0.3) is 0 Å². The van der Waals surface area contributed by atoms with Crippen LogP contribution in [0.15, 0.2) is 24.3 Å². The highest BCUT2D eigenvalue weighted by molar-refractivity contribution is 5.99. The lowest BCUT2D eigenvalue weighted by Gasteiger charge is -2.32. The summed E-state index contributed by atoms with van der Waals surface area (Å²) in [6, 6.07) is 4.89. The smallest absolute Gasteiger partial charge is 0.315 e. The summed E-state index contributed by atoms with van der Waals surface area (Å²) in [5, 5.41) is 5.26. The van der Waals surface area contributed by atoms with Crippen molar-refractivity contribution in [2.24, 2.45) is 0 Å². The first kappa shape index (κ1) is 16.2. The average molecular weight is 309 g/mol. The lowest BCUT2D eigenvalue weighted by Crippen LogP contribution is -2.54. The largest absolute Gasteiger partial charge is 0.383 e. The Balaban J connectivity index is 1.96. The van der Waals surface area contributed by atoms with Gasteiger partial charge in [-0.15, -0.1) is 0 Å². The van der Waals surface area contributed by atoms with Gasteiger partial charge < -0.3 is 20.3 Å². The highest BCUT2D eigenvalue weighted by atomic mass is 19.1. The number of nitrogens with one attached hydrogen (secondary N) is 2. The highest BCUT2D eigenvalue weighted by Crippen LogP contribution is 2.21. The molecule has 1 aliphatic heterocycles. The number of halogens is 1. The molecule has 3 amide bonds. The second-order valence-electron chi connectivity index (χ2n) is 5.06. The molecule has 2 N–H and O–H groups in total. The van der Waals surface area contributed by atoms with E-state index in [0.29, 0.717) is 31.8 Å². The van der Waals surface area contributed by atoms with Crippen molar-refractivity contribution in [3.8, 4) is 0 Å². The second kappa shape index (κ2) is 7.74. The minimum absolute atomic E-state index is 0.223. The molecule has 0 radical (unpaired) electrons. The second-order valence-corrected chi connectivity index (χ2v) is 5.06. The molecule has 120 valence electrons. The van der Waals surface area contributed by atoms with Gasteiger partial charge in [0.05, 0.1) is 6.61 Å². The molecule has 0 unspecified atom stereocenters. The molecule has 1 heterocycles. The van der Waals surface area contributed by atoms with Crippen molar-refractivity contribution >= 4 is 17.6 Å². The van der Waals surface area contributed by atoms with Crippen LogP contribution in [0.3, 0.4) is 0 Å². The summed E-state index contributed by atoms with van der Waals surface area (Å²) >= 11 is 0. The van der Waals surface area contributed by atoms with E-state index in [0.717, 1.165) is 6.42 Å². The molecule has 0 saturated carbocycles. The number of urea groups is 1. The molecule has 1 fully saturated rings. The predicted molar refractivity (Wildman–Crippen MR) is 80.2 cm³/mol. The zero-order valence-electron chi connectivity index (χ0n) is 12.5. The van der Waals surface area contributed by atoms with Crippen LogP contribution in [0, 0.1) is 5.82 Å². The SMILES string of the molecule is COCCNC(=O)N[C@H]1CCCN(c2cccc(F)c2)C1=O. The van der Waals surface area contributed by atoms with Crippen LogP contribution < -0.4 is 15.5 Å². The van der Waals surface area contributed by atoms with E-state index in [9.17, 15) is 14.0 Å². The van der Waals surface area contributed by atoms with Gasteiger partial charge in [-0.2, -0.15) is 0 Å². The molecule has 0 aromatic heterocycles.